The highest BCUT2D eigenvalue weighted by molar-refractivity contribution is 5.62. The maximum Gasteiger partial charge on any atom is 0.292 e. The molecule has 1 N–H and O–H groups in total. The number of rotatable bonds is 6. The first-order chi connectivity index (χ1) is 8.04. The molecule has 0 atom stereocenters. The normalized spacial score (nSPS) is 10.6. The lowest BCUT2D eigenvalue weighted by Gasteiger charge is -2.11. The average molecular weight is 237 g/mol. The zero-order valence-corrected chi connectivity index (χ0v) is 10.6. The van der Waals surface area contributed by atoms with Gasteiger partial charge in [0.1, 0.15) is 5.69 Å². The van der Waals surface area contributed by atoms with Crippen LogP contribution < -0.4 is 5.32 Å². The number of nitrogens with one attached hydrogen (secondary N) is 1. The Balaban J connectivity index is 2.80. The predicted molar refractivity (Wildman–Crippen MR) is 69.5 cm³/mol. The zero-order valence-electron chi connectivity index (χ0n) is 10.6. The molecule has 17 heavy (non-hydrogen) atoms. The quantitative estimate of drug-likeness (QED) is 0.608. The van der Waals surface area contributed by atoms with Crippen LogP contribution in [0.5, 0.6) is 0 Å². The third-order valence-electron chi connectivity index (χ3n) is 2.54. The Kier molecular flexibility index (Phi) is 4.90. The lowest BCUT2D eigenvalue weighted by molar-refractivity contribution is -0.384. The molecule has 0 spiro atoms. The first-order valence-corrected chi connectivity index (χ1v) is 5.70. The Morgan fingerprint density at radius 1 is 1.41 bits per heavy atom. The van der Waals surface area contributed by atoms with E-state index in [2.05, 4.69) is 5.32 Å². The number of benzene rings is 1. The number of nitrogens with zero attached hydrogens (tertiary/aromatic N) is 2. The van der Waals surface area contributed by atoms with Crippen LogP contribution in [0, 0.1) is 10.1 Å². The largest absolute Gasteiger partial charge is 0.378 e. The van der Waals surface area contributed by atoms with Crippen molar-refractivity contribution in [3.63, 3.8) is 0 Å². The van der Waals surface area contributed by atoms with Crippen LogP contribution in [0.2, 0.25) is 0 Å². The Morgan fingerprint density at radius 2 is 2.12 bits per heavy atom. The van der Waals surface area contributed by atoms with Crippen molar-refractivity contribution < 1.29 is 4.92 Å². The van der Waals surface area contributed by atoms with Crippen LogP contribution in [-0.4, -0.2) is 37.0 Å². The highest BCUT2D eigenvalue weighted by Gasteiger charge is 2.13. The van der Waals surface area contributed by atoms with Crippen molar-refractivity contribution >= 4 is 11.4 Å². The first-order valence-electron chi connectivity index (χ1n) is 5.70. The Morgan fingerprint density at radius 3 is 2.65 bits per heavy atom. The molecule has 5 nitrogen and oxygen atoms in total. The molecular weight excluding hydrogens is 218 g/mol. The molecular formula is C12H19N3O2. The summed E-state index contributed by atoms with van der Waals surface area (Å²) in [7, 11) is 3.94. The van der Waals surface area contributed by atoms with Gasteiger partial charge in [0, 0.05) is 19.2 Å². The summed E-state index contributed by atoms with van der Waals surface area (Å²) in [5.74, 6) is 0. The summed E-state index contributed by atoms with van der Waals surface area (Å²) in [5, 5.41) is 14.0. The zero-order chi connectivity index (χ0) is 12.8. The summed E-state index contributed by atoms with van der Waals surface area (Å²) >= 11 is 0. The maximum atomic E-state index is 10.9. The monoisotopic (exact) mass is 237 g/mol. The summed E-state index contributed by atoms with van der Waals surface area (Å²) in [6, 6.07) is 5.34. The van der Waals surface area contributed by atoms with Crippen molar-refractivity contribution in [2.24, 2.45) is 0 Å². The van der Waals surface area contributed by atoms with Gasteiger partial charge in [-0.1, -0.05) is 13.0 Å². The van der Waals surface area contributed by atoms with Crippen LogP contribution in [0.15, 0.2) is 18.2 Å². The molecule has 0 aliphatic carbocycles. The summed E-state index contributed by atoms with van der Waals surface area (Å²) in [6.07, 6.45) is 0.804. The maximum absolute atomic E-state index is 10.9. The fraction of sp³-hybridized carbons (Fsp3) is 0.500. The number of nitro groups is 1. The molecule has 1 rings (SSSR count). The summed E-state index contributed by atoms with van der Waals surface area (Å²) in [6.45, 7) is 3.52. The van der Waals surface area contributed by atoms with Gasteiger partial charge in [-0.05, 0) is 32.1 Å². The summed E-state index contributed by atoms with van der Waals surface area (Å²) < 4.78 is 0. The molecule has 0 bridgehead atoms. The lowest BCUT2D eigenvalue weighted by Crippen LogP contribution is -2.21. The molecule has 0 saturated carbocycles. The molecule has 0 heterocycles. The van der Waals surface area contributed by atoms with Gasteiger partial charge < -0.3 is 10.2 Å². The summed E-state index contributed by atoms with van der Waals surface area (Å²) in [5.41, 5.74) is 1.73. The fourth-order valence-electron chi connectivity index (χ4n) is 1.51. The number of anilines is 1. The van der Waals surface area contributed by atoms with Gasteiger partial charge >= 0.3 is 0 Å². The molecule has 0 aliphatic rings. The minimum Gasteiger partial charge on any atom is -0.378 e. The predicted octanol–water partition coefficient (Wildman–Crippen LogP) is 2.13. The molecule has 1 aromatic carbocycles. The third kappa shape index (κ3) is 4.03. The fourth-order valence-corrected chi connectivity index (χ4v) is 1.51. The molecule has 0 saturated heterocycles. The van der Waals surface area contributed by atoms with Crippen LogP contribution in [0.1, 0.15) is 12.5 Å². The minimum absolute atomic E-state index is 0.156. The molecule has 1 aromatic rings. The van der Waals surface area contributed by atoms with Gasteiger partial charge in [0.25, 0.3) is 5.69 Å². The number of nitro benzene ring substituents is 1. The second kappa shape index (κ2) is 6.20. The molecule has 0 amide bonds. The Bertz CT molecular complexity index is 391. The van der Waals surface area contributed by atoms with E-state index in [1.165, 1.54) is 0 Å². The van der Waals surface area contributed by atoms with E-state index in [9.17, 15) is 10.1 Å². The average Bonchev–Trinajstić information content (AvgIpc) is 2.28. The SMILES string of the molecule is CCc1ccc(NCCN(C)C)c([N+](=O)[O-])c1. The third-order valence-corrected chi connectivity index (χ3v) is 2.54. The van der Waals surface area contributed by atoms with E-state index in [1.807, 2.05) is 32.0 Å². The molecule has 94 valence electrons. The van der Waals surface area contributed by atoms with Crippen molar-refractivity contribution in [3.05, 3.63) is 33.9 Å². The van der Waals surface area contributed by atoms with E-state index in [-0.39, 0.29) is 10.6 Å². The van der Waals surface area contributed by atoms with Gasteiger partial charge in [0.2, 0.25) is 0 Å². The molecule has 0 radical (unpaired) electrons. The van der Waals surface area contributed by atoms with Gasteiger partial charge in [0.05, 0.1) is 4.92 Å². The van der Waals surface area contributed by atoms with E-state index in [4.69, 9.17) is 0 Å². The standard InChI is InChI=1S/C12H19N3O2/c1-4-10-5-6-11(12(9-10)15(16)17)13-7-8-14(2)3/h5-6,9,13H,4,7-8H2,1-3H3. The number of aryl methyl sites for hydroxylation is 1. The van der Waals surface area contributed by atoms with E-state index >= 15 is 0 Å². The van der Waals surface area contributed by atoms with Crippen LogP contribution in [0.25, 0.3) is 0 Å². The molecule has 5 heteroatoms. The second-order valence-corrected chi connectivity index (χ2v) is 4.19. The topological polar surface area (TPSA) is 58.4 Å². The van der Waals surface area contributed by atoms with Crippen molar-refractivity contribution in [1.29, 1.82) is 0 Å². The number of hydrogen-bond donors (Lipinski definition) is 1. The van der Waals surface area contributed by atoms with Crippen LogP contribution in [0.4, 0.5) is 11.4 Å². The van der Waals surface area contributed by atoms with Crippen LogP contribution in [-0.2, 0) is 6.42 Å². The van der Waals surface area contributed by atoms with Crippen molar-refractivity contribution in [3.8, 4) is 0 Å². The first kappa shape index (κ1) is 13.4. The van der Waals surface area contributed by atoms with E-state index in [1.54, 1.807) is 12.1 Å². The molecule has 0 aliphatic heterocycles. The van der Waals surface area contributed by atoms with Crippen molar-refractivity contribution in [1.82, 2.24) is 4.90 Å². The van der Waals surface area contributed by atoms with E-state index < -0.39 is 0 Å². The molecule has 0 unspecified atom stereocenters. The summed E-state index contributed by atoms with van der Waals surface area (Å²) in [4.78, 5) is 12.6. The smallest absolute Gasteiger partial charge is 0.292 e. The van der Waals surface area contributed by atoms with Crippen LogP contribution in [0.3, 0.4) is 0 Å². The number of likely N-dealkylation sites (N-methyl/N-ethyl adjacent to an activating group) is 1. The minimum atomic E-state index is -0.336. The van der Waals surface area contributed by atoms with Crippen molar-refractivity contribution in [2.75, 3.05) is 32.5 Å². The van der Waals surface area contributed by atoms with E-state index in [0.29, 0.717) is 12.2 Å². The molecule has 0 fully saturated rings. The number of hydrogen-bond acceptors (Lipinski definition) is 4. The van der Waals surface area contributed by atoms with Crippen LogP contribution >= 0.6 is 0 Å². The second-order valence-electron chi connectivity index (χ2n) is 4.19. The van der Waals surface area contributed by atoms with Crippen molar-refractivity contribution in [2.45, 2.75) is 13.3 Å². The van der Waals surface area contributed by atoms with E-state index in [0.717, 1.165) is 18.5 Å². The lowest BCUT2D eigenvalue weighted by atomic mass is 10.1. The van der Waals surface area contributed by atoms with Gasteiger partial charge in [-0.2, -0.15) is 0 Å². The van der Waals surface area contributed by atoms with Gasteiger partial charge in [-0.3, -0.25) is 10.1 Å². The Labute approximate surface area is 102 Å². The highest BCUT2D eigenvalue weighted by atomic mass is 16.6. The van der Waals surface area contributed by atoms with Gasteiger partial charge in [-0.25, -0.2) is 0 Å². The highest BCUT2D eigenvalue weighted by Crippen LogP contribution is 2.25. The Hall–Kier alpha value is -1.62. The molecule has 0 aromatic heterocycles. The van der Waals surface area contributed by atoms with Gasteiger partial charge in [0.15, 0.2) is 0 Å². The van der Waals surface area contributed by atoms with Gasteiger partial charge in [-0.15, -0.1) is 0 Å².